The molecule has 0 spiro atoms. The van der Waals surface area contributed by atoms with Gasteiger partial charge < -0.3 is 37.9 Å². The SMILES string of the molecule is CCCCCCCCCCCCCCCCOCC(COP(=O)(OCCOCCOCCOC)OCCOCCOCCOC)OC. The Bertz CT molecular complexity index is 620. The fourth-order valence-electron chi connectivity index (χ4n) is 4.43. The Hall–Kier alpha value is -0.210. The van der Waals surface area contributed by atoms with Crippen LogP contribution < -0.4 is 0 Å². The lowest BCUT2D eigenvalue weighted by atomic mass is 10.0. The van der Waals surface area contributed by atoms with E-state index in [1.807, 2.05) is 0 Å². The van der Waals surface area contributed by atoms with Gasteiger partial charge in [0, 0.05) is 27.9 Å². The molecule has 0 saturated carbocycles. The van der Waals surface area contributed by atoms with Crippen molar-refractivity contribution in [3.63, 3.8) is 0 Å². The third-order valence-corrected chi connectivity index (χ3v) is 8.72. The van der Waals surface area contributed by atoms with Crippen LogP contribution in [0.5, 0.6) is 0 Å². The molecule has 0 aromatic heterocycles. The van der Waals surface area contributed by atoms with Crippen LogP contribution in [0.2, 0.25) is 0 Å². The van der Waals surface area contributed by atoms with E-state index in [1.54, 1.807) is 21.3 Å². The average Bonchev–Trinajstić information content (AvgIpc) is 3.08. The molecule has 0 heterocycles. The summed E-state index contributed by atoms with van der Waals surface area (Å²) in [6.45, 7) is 7.36. The summed E-state index contributed by atoms with van der Waals surface area (Å²) in [5, 5.41) is 0. The van der Waals surface area contributed by atoms with Gasteiger partial charge in [-0.3, -0.25) is 13.6 Å². The first-order valence-electron chi connectivity index (χ1n) is 18.0. The summed E-state index contributed by atoms with van der Waals surface area (Å²) in [6.07, 6.45) is 18.0. The summed E-state index contributed by atoms with van der Waals surface area (Å²) in [6, 6.07) is 0. The van der Waals surface area contributed by atoms with E-state index < -0.39 is 13.9 Å². The molecular weight excluding hydrogens is 631 g/mol. The van der Waals surface area contributed by atoms with Crippen LogP contribution in [0, 0.1) is 0 Å². The summed E-state index contributed by atoms with van der Waals surface area (Å²) in [4.78, 5) is 0. The Labute approximate surface area is 287 Å². The van der Waals surface area contributed by atoms with Gasteiger partial charge in [-0.05, 0) is 6.42 Å². The largest absolute Gasteiger partial charge is 0.475 e. The highest BCUT2D eigenvalue weighted by atomic mass is 31.2. The van der Waals surface area contributed by atoms with Crippen LogP contribution in [0.15, 0.2) is 0 Å². The van der Waals surface area contributed by atoms with E-state index in [0.717, 1.165) is 12.8 Å². The molecule has 0 saturated heterocycles. The molecule has 1 unspecified atom stereocenters. The van der Waals surface area contributed by atoms with Gasteiger partial charge in [-0.15, -0.1) is 0 Å². The molecule has 1 atom stereocenters. The zero-order valence-electron chi connectivity index (χ0n) is 30.4. The number of phosphoric ester groups is 1. The van der Waals surface area contributed by atoms with Gasteiger partial charge >= 0.3 is 7.82 Å². The molecule has 0 radical (unpaired) electrons. The lowest BCUT2D eigenvalue weighted by Gasteiger charge is -2.21. The maximum Gasteiger partial charge on any atom is 0.475 e. The van der Waals surface area contributed by atoms with Crippen molar-refractivity contribution in [3.8, 4) is 0 Å². The Morgan fingerprint density at radius 1 is 0.404 bits per heavy atom. The van der Waals surface area contributed by atoms with E-state index in [-0.39, 0.29) is 33.0 Å². The third-order valence-electron chi connectivity index (χ3n) is 7.26. The number of hydrogen-bond donors (Lipinski definition) is 0. The van der Waals surface area contributed by atoms with Crippen molar-refractivity contribution < 1.29 is 56.0 Å². The second kappa shape index (κ2) is 38.6. The summed E-state index contributed by atoms with van der Waals surface area (Å²) in [5.41, 5.74) is 0. The molecule has 0 N–H and O–H groups in total. The van der Waals surface area contributed by atoms with Crippen molar-refractivity contribution in [2.24, 2.45) is 0 Å². The molecule has 12 nitrogen and oxygen atoms in total. The van der Waals surface area contributed by atoms with E-state index in [1.165, 1.54) is 77.0 Å². The zero-order chi connectivity index (χ0) is 34.4. The molecule has 0 aliphatic rings. The van der Waals surface area contributed by atoms with Gasteiger partial charge in [-0.25, -0.2) is 4.57 Å². The standard InChI is InChI=1S/C34H71O12P/c1-5-6-7-8-9-10-11-12-13-14-15-16-17-18-19-43-32-34(38-4)33-46-47(35,44-30-28-41-26-24-39-22-20-36-2)45-31-29-42-27-25-40-23-21-37-3/h34H,5-33H2,1-4H3. The molecule has 0 rings (SSSR count). The zero-order valence-corrected chi connectivity index (χ0v) is 31.3. The molecule has 13 heteroatoms. The molecular formula is C34H71O12P. The van der Waals surface area contributed by atoms with Crippen LogP contribution in [-0.2, 0) is 56.0 Å². The van der Waals surface area contributed by atoms with Crippen LogP contribution >= 0.6 is 7.82 Å². The predicted octanol–water partition coefficient (Wildman–Crippen LogP) is 7.02. The van der Waals surface area contributed by atoms with E-state index in [0.29, 0.717) is 66.1 Å². The number of methoxy groups -OCH3 is 3. The highest BCUT2D eigenvalue weighted by molar-refractivity contribution is 7.48. The summed E-state index contributed by atoms with van der Waals surface area (Å²) in [5.74, 6) is 0. The Kier molecular flexibility index (Phi) is 38.4. The molecule has 0 aromatic carbocycles. The van der Waals surface area contributed by atoms with Gasteiger partial charge in [0.2, 0.25) is 0 Å². The molecule has 0 bridgehead atoms. The first-order valence-corrected chi connectivity index (χ1v) is 19.5. The van der Waals surface area contributed by atoms with Crippen molar-refractivity contribution in [1.29, 1.82) is 0 Å². The van der Waals surface area contributed by atoms with Gasteiger partial charge in [0.1, 0.15) is 6.10 Å². The van der Waals surface area contributed by atoms with Crippen LogP contribution in [0.4, 0.5) is 0 Å². The van der Waals surface area contributed by atoms with Crippen molar-refractivity contribution >= 4 is 7.82 Å². The number of unbranched alkanes of at least 4 members (excludes halogenated alkanes) is 13. The monoisotopic (exact) mass is 702 g/mol. The lowest BCUT2D eigenvalue weighted by molar-refractivity contribution is -0.0295. The van der Waals surface area contributed by atoms with Crippen molar-refractivity contribution in [1.82, 2.24) is 0 Å². The maximum atomic E-state index is 13.3. The van der Waals surface area contributed by atoms with Gasteiger partial charge in [0.15, 0.2) is 0 Å². The van der Waals surface area contributed by atoms with Crippen LogP contribution in [0.25, 0.3) is 0 Å². The lowest BCUT2D eigenvalue weighted by Crippen LogP contribution is -2.25. The van der Waals surface area contributed by atoms with Crippen molar-refractivity contribution in [2.45, 2.75) is 103 Å². The van der Waals surface area contributed by atoms with Crippen LogP contribution in [0.3, 0.4) is 0 Å². The third kappa shape index (κ3) is 35.4. The Balaban J connectivity index is 4.16. The maximum absolute atomic E-state index is 13.3. The summed E-state index contributed by atoms with van der Waals surface area (Å²) < 4.78 is 72.8. The van der Waals surface area contributed by atoms with Gasteiger partial charge in [-0.2, -0.15) is 0 Å². The number of ether oxygens (including phenoxy) is 8. The topological polar surface area (TPSA) is 119 Å². The first kappa shape index (κ1) is 46.8. The predicted molar refractivity (Wildman–Crippen MR) is 184 cm³/mol. The minimum Gasteiger partial charge on any atom is -0.382 e. The summed E-state index contributed by atoms with van der Waals surface area (Å²) in [7, 11) is 0.915. The molecule has 0 amide bonds. The van der Waals surface area contributed by atoms with Gasteiger partial charge in [0.05, 0.1) is 92.5 Å². The van der Waals surface area contributed by atoms with Gasteiger partial charge in [0.25, 0.3) is 0 Å². The van der Waals surface area contributed by atoms with E-state index in [4.69, 9.17) is 51.5 Å². The minimum absolute atomic E-state index is 0.00505. The molecule has 0 aromatic rings. The fourth-order valence-corrected chi connectivity index (χ4v) is 5.60. The normalized spacial score (nSPS) is 12.7. The quantitative estimate of drug-likeness (QED) is 0.0481. The smallest absolute Gasteiger partial charge is 0.382 e. The van der Waals surface area contributed by atoms with E-state index in [2.05, 4.69) is 6.92 Å². The molecule has 47 heavy (non-hydrogen) atoms. The highest BCUT2D eigenvalue weighted by Gasteiger charge is 2.28. The summed E-state index contributed by atoms with van der Waals surface area (Å²) >= 11 is 0. The number of rotatable bonds is 41. The molecule has 0 aliphatic carbocycles. The van der Waals surface area contributed by atoms with Crippen molar-refractivity contribution in [3.05, 3.63) is 0 Å². The average molecular weight is 703 g/mol. The second-order valence-electron chi connectivity index (χ2n) is 11.4. The van der Waals surface area contributed by atoms with E-state index >= 15 is 0 Å². The van der Waals surface area contributed by atoms with Gasteiger partial charge in [-0.1, -0.05) is 90.4 Å². The molecule has 0 fully saturated rings. The number of phosphoric acid groups is 1. The van der Waals surface area contributed by atoms with Crippen LogP contribution in [0.1, 0.15) is 96.8 Å². The Morgan fingerprint density at radius 2 is 0.787 bits per heavy atom. The van der Waals surface area contributed by atoms with Crippen LogP contribution in [-0.4, -0.2) is 127 Å². The van der Waals surface area contributed by atoms with Crippen molar-refractivity contribution in [2.75, 3.05) is 120 Å². The fraction of sp³-hybridized carbons (Fsp3) is 1.00. The molecule has 0 aliphatic heterocycles. The highest BCUT2D eigenvalue weighted by Crippen LogP contribution is 2.49. The minimum atomic E-state index is -3.89. The Morgan fingerprint density at radius 3 is 1.19 bits per heavy atom. The first-order chi connectivity index (χ1) is 23.1. The molecule has 284 valence electrons. The second-order valence-corrected chi connectivity index (χ2v) is 13.0. The van der Waals surface area contributed by atoms with E-state index in [9.17, 15) is 4.57 Å². The number of hydrogen-bond acceptors (Lipinski definition) is 12.